The van der Waals surface area contributed by atoms with Crippen molar-refractivity contribution in [3.05, 3.63) is 90.2 Å². The molecule has 0 saturated carbocycles. The van der Waals surface area contributed by atoms with Crippen LogP contribution < -0.4 is 10.4 Å². The van der Waals surface area contributed by atoms with Gasteiger partial charge in [0.25, 0.3) is 0 Å². The molecule has 1 aliphatic rings. The largest absolute Gasteiger partial charge is 0.512 e. The Bertz CT molecular complexity index is 1920. The summed E-state index contributed by atoms with van der Waals surface area (Å²) in [5.74, 6) is 1.21. The van der Waals surface area contributed by atoms with Gasteiger partial charge in [-0.3, -0.25) is 4.79 Å². The van der Waals surface area contributed by atoms with Gasteiger partial charge in [-0.25, -0.2) is 4.98 Å². The molecular formula is C43H52IrNO3Si-. The second-order valence-corrected chi connectivity index (χ2v) is 19.3. The number of benzene rings is 4. The number of ketones is 1. The number of nitrogens with zero attached hydrogens (tertiary/aromatic N) is 1. The van der Waals surface area contributed by atoms with Crippen LogP contribution in [-0.2, 0) is 31.3 Å². The zero-order valence-corrected chi connectivity index (χ0v) is 34.1. The zero-order chi connectivity index (χ0) is 34.8. The molecule has 261 valence electrons. The Balaban J connectivity index is 0.000000290. The fourth-order valence-corrected chi connectivity index (χ4v) is 10.7. The van der Waals surface area contributed by atoms with E-state index in [0.717, 1.165) is 54.2 Å². The molecular weight excluding hydrogens is 799 g/mol. The molecule has 5 aromatic rings. The minimum atomic E-state index is -1.92. The summed E-state index contributed by atoms with van der Waals surface area (Å²) in [6, 6.07) is 27.6. The van der Waals surface area contributed by atoms with Crippen LogP contribution in [0, 0.1) is 23.3 Å². The molecule has 0 amide bonds. The maximum Gasteiger partial charge on any atom is 0.162 e. The maximum absolute atomic E-state index is 11.7. The molecule has 0 unspecified atom stereocenters. The minimum Gasteiger partial charge on any atom is -0.512 e. The Morgan fingerprint density at radius 1 is 0.918 bits per heavy atom. The van der Waals surface area contributed by atoms with Gasteiger partial charge in [0, 0.05) is 38.0 Å². The third-order valence-electron chi connectivity index (χ3n) is 9.93. The number of aromatic nitrogens is 1. The van der Waals surface area contributed by atoms with Crippen LogP contribution in [0.25, 0.3) is 44.5 Å². The number of para-hydroxylation sites is 2. The number of allylic oxidation sites excluding steroid dienone is 2. The normalized spacial score (nSPS) is 13.7. The molecule has 1 aliphatic heterocycles. The summed E-state index contributed by atoms with van der Waals surface area (Å²) in [4.78, 5) is 16.6. The van der Waals surface area contributed by atoms with E-state index in [1.54, 1.807) is 0 Å². The number of rotatable bonds is 9. The van der Waals surface area contributed by atoms with Crippen molar-refractivity contribution in [2.24, 2.45) is 17.3 Å². The third-order valence-corrected chi connectivity index (χ3v) is 13.5. The van der Waals surface area contributed by atoms with Crippen molar-refractivity contribution in [3.63, 3.8) is 0 Å². The van der Waals surface area contributed by atoms with Gasteiger partial charge in [0.2, 0.25) is 0 Å². The van der Waals surface area contributed by atoms with Crippen molar-refractivity contribution in [1.82, 2.24) is 4.98 Å². The molecule has 4 aromatic carbocycles. The van der Waals surface area contributed by atoms with E-state index in [1.165, 1.54) is 38.5 Å². The summed E-state index contributed by atoms with van der Waals surface area (Å²) in [5.41, 5.74) is 6.95. The van der Waals surface area contributed by atoms with Gasteiger partial charge in [-0.15, -0.1) is 22.7 Å². The van der Waals surface area contributed by atoms with Crippen molar-refractivity contribution < 1.29 is 34.4 Å². The average molecular weight is 851 g/mol. The molecule has 2 heterocycles. The maximum atomic E-state index is 11.7. The van der Waals surface area contributed by atoms with Crippen molar-refractivity contribution >= 4 is 46.1 Å². The number of fused-ring (bicyclic) bond motifs is 6. The molecule has 1 radical (unpaired) electrons. The number of carbonyl (C=O) groups is 1. The van der Waals surface area contributed by atoms with Crippen LogP contribution in [0.4, 0.5) is 0 Å². The van der Waals surface area contributed by atoms with Gasteiger partial charge >= 0.3 is 0 Å². The first-order chi connectivity index (χ1) is 22.8. The van der Waals surface area contributed by atoms with Crippen molar-refractivity contribution in [1.29, 1.82) is 0 Å². The Morgan fingerprint density at radius 3 is 2.18 bits per heavy atom. The molecule has 0 spiro atoms. The standard InChI is InChI=1S/C30H28NOSi.C13H24O2.Ir/c1-30(2,3)18-19-14-15-26-22(16-19)27-23(29-31-24-12-8-9-13-25(24)32-29)17-20-10-6-7-11-21(20)28(27)33(26,4)5;1-5-10(6-2)12(14)9-13(15)11(7-3)8-4;/h6-16H,18H2,1-5H3;9-11,14H,5-8H2,1-4H3;/q-1;;/b;12-9-;. The third kappa shape index (κ3) is 8.03. The quantitative estimate of drug-likeness (QED) is 0.0695. The number of hydrogen-bond donors (Lipinski definition) is 1. The predicted molar refractivity (Wildman–Crippen MR) is 205 cm³/mol. The van der Waals surface area contributed by atoms with Crippen LogP contribution >= 0.6 is 0 Å². The summed E-state index contributed by atoms with van der Waals surface area (Å²) >= 11 is 0. The summed E-state index contributed by atoms with van der Waals surface area (Å²) in [6.45, 7) is 19.9. The average Bonchev–Trinajstić information content (AvgIpc) is 3.58. The monoisotopic (exact) mass is 851 g/mol. The SMILES string of the molecule is CC(C)(C)Cc1ccc2c(c1)-c1c(-c3nc4ccccc4o3)[c-]c3ccccc3c1[Si]2(C)C.CCC(CC)C(=O)/C=C(\O)C(CC)CC.[Ir]. The molecule has 4 nitrogen and oxygen atoms in total. The zero-order valence-electron chi connectivity index (χ0n) is 30.7. The fourth-order valence-electron chi connectivity index (χ4n) is 7.30. The van der Waals surface area contributed by atoms with E-state index in [0.29, 0.717) is 5.89 Å². The van der Waals surface area contributed by atoms with E-state index in [2.05, 4.69) is 82.4 Å². The number of hydrogen-bond acceptors (Lipinski definition) is 4. The molecule has 0 atom stereocenters. The fraction of sp³-hybridized carbons (Fsp3) is 0.395. The van der Waals surface area contributed by atoms with Gasteiger partial charge in [-0.1, -0.05) is 137 Å². The van der Waals surface area contributed by atoms with Crippen LogP contribution in [0.2, 0.25) is 13.1 Å². The van der Waals surface area contributed by atoms with Crippen LogP contribution in [0.15, 0.2) is 83.0 Å². The Kier molecular flexibility index (Phi) is 12.3. The van der Waals surface area contributed by atoms with Gasteiger partial charge in [-0.05, 0) is 55.2 Å². The summed E-state index contributed by atoms with van der Waals surface area (Å²) in [5, 5.41) is 15.2. The van der Waals surface area contributed by atoms with Crippen molar-refractivity contribution in [3.8, 4) is 22.6 Å². The number of aliphatic hydroxyl groups is 1. The van der Waals surface area contributed by atoms with E-state index in [1.807, 2.05) is 52.0 Å². The van der Waals surface area contributed by atoms with Crippen molar-refractivity contribution in [2.45, 2.75) is 93.7 Å². The molecule has 49 heavy (non-hydrogen) atoms. The second kappa shape index (κ2) is 15.7. The smallest absolute Gasteiger partial charge is 0.162 e. The summed E-state index contributed by atoms with van der Waals surface area (Å²) in [6.07, 6.45) is 5.95. The Morgan fingerprint density at radius 2 is 1.55 bits per heavy atom. The van der Waals surface area contributed by atoms with Gasteiger partial charge in [0.05, 0.1) is 19.3 Å². The summed E-state index contributed by atoms with van der Waals surface area (Å²) < 4.78 is 6.30. The van der Waals surface area contributed by atoms with Gasteiger partial charge in [0.1, 0.15) is 5.58 Å². The molecule has 0 saturated heterocycles. The molecule has 1 aromatic heterocycles. The number of aliphatic hydroxyl groups excluding tert-OH is 1. The number of oxazole rings is 1. The second-order valence-electron chi connectivity index (χ2n) is 15.0. The predicted octanol–water partition coefficient (Wildman–Crippen LogP) is 10.7. The first-order valence-electron chi connectivity index (χ1n) is 17.7. The Hall–Kier alpha value is -3.31. The number of carbonyl (C=O) groups excluding carboxylic acids is 1. The Labute approximate surface area is 307 Å². The topological polar surface area (TPSA) is 63.3 Å². The molecule has 1 N–H and O–H groups in total. The van der Waals surface area contributed by atoms with Crippen molar-refractivity contribution in [2.75, 3.05) is 0 Å². The van der Waals surface area contributed by atoms with Gasteiger partial charge in [-0.2, -0.15) is 0 Å². The first kappa shape index (κ1) is 38.5. The van der Waals surface area contributed by atoms with Crippen LogP contribution in [0.1, 0.15) is 79.7 Å². The van der Waals surface area contributed by atoms with E-state index >= 15 is 0 Å². The van der Waals surface area contributed by atoms with Crippen LogP contribution in [-0.4, -0.2) is 23.9 Å². The van der Waals surface area contributed by atoms with Crippen LogP contribution in [0.3, 0.4) is 0 Å². The molecule has 0 bridgehead atoms. The van der Waals surface area contributed by atoms with E-state index in [9.17, 15) is 9.90 Å². The summed E-state index contributed by atoms with van der Waals surface area (Å²) in [7, 11) is -1.92. The van der Waals surface area contributed by atoms with E-state index in [4.69, 9.17) is 9.40 Å². The molecule has 6 rings (SSSR count). The molecule has 0 aliphatic carbocycles. The molecule has 0 fully saturated rings. The minimum absolute atomic E-state index is 0. The molecule has 6 heteroatoms. The van der Waals surface area contributed by atoms with E-state index < -0.39 is 8.07 Å². The van der Waals surface area contributed by atoms with E-state index in [-0.39, 0.29) is 48.9 Å². The van der Waals surface area contributed by atoms with Gasteiger partial charge < -0.3 is 9.52 Å². The van der Waals surface area contributed by atoms with Crippen LogP contribution in [0.5, 0.6) is 0 Å². The van der Waals surface area contributed by atoms with Gasteiger partial charge in [0.15, 0.2) is 11.7 Å². The first-order valence-corrected chi connectivity index (χ1v) is 20.7.